The van der Waals surface area contributed by atoms with E-state index < -0.39 is 0 Å². The number of anilines is 1. The molecule has 0 saturated carbocycles. The average Bonchev–Trinajstić information content (AvgIpc) is 3.13. The van der Waals surface area contributed by atoms with Gasteiger partial charge in [0.2, 0.25) is 0 Å². The van der Waals surface area contributed by atoms with Crippen molar-refractivity contribution in [3.63, 3.8) is 0 Å². The van der Waals surface area contributed by atoms with E-state index in [2.05, 4.69) is 87.7 Å². The van der Waals surface area contributed by atoms with Gasteiger partial charge in [0.05, 0.1) is 34.2 Å². The maximum absolute atomic E-state index is 8.12. The summed E-state index contributed by atoms with van der Waals surface area (Å²) in [4.78, 5) is 13.1. The summed E-state index contributed by atoms with van der Waals surface area (Å²) < 4.78 is 0. The molecule has 1 aliphatic carbocycles. The minimum absolute atomic E-state index is 0.248. The second-order valence-corrected chi connectivity index (χ2v) is 11.1. The molecule has 0 aliphatic heterocycles. The fraction of sp³-hybridized carbons (Fsp3) is 0. The van der Waals surface area contributed by atoms with Crippen LogP contribution in [-0.2, 0) is 0 Å². The lowest BCUT2D eigenvalue weighted by molar-refractivity contribution is 1.22. The first-order chi connectivity index (χ1) is 23.1. The third-order valence-corrected chi connectivity index (χ3v) is 8.00. The molecule has 0 radical (unpaired) electrons. The number of nitrogens with one attached hydrogen (secondary N) is 2. The van der Waals surface area contributed by atoms with Crippen molar-refractivity contribution in [3.8, 4) is 33.9 Å². The fourth-order valence-electron chi connectivity index (χ4n) is 5.90. The predicted molar refractivity (Wildman–Crippen MR) is 195 cm³/mol. The number of benzene rings is 4. The average molecular weight is 607 g/mol. The quantitative estimate of drug-likeness (QED) is 0.137. The van der Waals surface area contributed by atoms with Gasteiger partial charge >= 0.3 is 0 Å². The van der Waals surface area contributed by atoms with Crippen molar-refractivity contribution in [1.29, 1.82) is 10.8 Å². The molecule has 4 aromatic carbocycles. The van der Waals surface area contributed by atoms with Crippen LogP contribution in [0.4, 0.5) is 5.69 Å². The second-order valence-electron chi connectivity index (χ2n) is 11.1. The molecule has 3 aromatic heterocycles. The van der Waals surface area contributed by atoms with E-state index in [0.717, 1.165) is 44.7 Å². The highest BCUT2D eigenvalue weighted by Gasteiger charge is 2.18. The first kappa shape index (κ1) is 29.2. The van der Waals surface area contributed by atoms with Crippen LogP contribution in [0, 0.1) is 10.8 Å². The van der Waals surface area contributed by atoms with E-state index in [4.69, 9.17) is 16.6 Å². The number of nitrogens with zero attached hydrogens (tertiary/aromatic N) is 3. The molecule has 4 N–H and O–H groups in total. The normalized spacial score (nSPS) is 12.5. The molecule has 8 rings (SSSR count). The van der Waals surface area contributed by atoms with E-state index in [1.807, 2.05) is 60.7 Å². The Morgan fingerprint density at radius 2 is 0.957 bits per heavy atom. The third-order valence-electron chi connectivity index (χ3n) is 8.00. The van der Waals surface area contributed by atoms with Crippen molar-refractivity contribution in [2.75, 3.05) is 5.73 Å². The van der Waals surface area contributed by atoms with Crippen LogP contribution in [0.25, 0.3) is 61.0 Å². The summed E-state index contributed by atoms with van der Waals surface area (Å²) in [6, 6.07) is 42.5. The van der Waals surface area contributed by atoms with Crippen LogP contribution in [0.3, 0.4) is 0 Å². The molecule has 3 heterocycles. The zero-order valence-electron chi connectivity index (χ0n) is 25.4. The van der Waals surface area contributed by atoms with Crippen LogP contribution in [0.5, 0.6) is 0 Å². The van der Waals surface area contributed by atoms with Crippen molar-refractivity contribution in [1.82, 2.24) is 15.0 Å². The van der Waals surface area contributed by atoms with Crippen LogP contribution in [0.2, 0.25) is 0 Å². The molecule has 0 amide bonds. The van der Waals surface area contributed by atoms with Gasteiger partial charge in [0, 0.05) is 18.1 Å². The van der Waals surface area contributed by atoms with E-state index in [0.29, 0.717) is 5.69 Å². The van der Waals surface area contributed by atoms with E-state index in [1.54, 1.807) is 24.5 Å². The van der Waals surface area contributed by atoms with Crippen molar-refractivity contribution < 1.29 is 0 Å². The Morgan fingerprint density at radius 1 is 0.468 bits per heavy atom. The zero-order valence-corrected chi connectivity index (χ0v) is 25.4. The highest BCUT2D eigenvalue weighted by atomic mass is 14.8. The maximum Gasteiger partial charge on any atom is 0.0914 e. The Kier molecular flexibility index (Phi) is 7.97. The largest absolute Gasteiger partial charge is 0.399 e. The Bertz CT molecular complexity index is 2210. The van der Waals surface area contributed by atoms with Gasteiger partial charge < -0.3 is 5.73 Å². The van der Waals surface area contributed by atoms with Crippen molar-refractivity contribution >= 4 is 44.2 Å². The Balaban J connectivity index is 0.000000161. The number of allylic oxidation sites excluding steroid dienone is 4. The maximum atomic E-state index is 8.12. The molecular formula is C41H30N6. The molecule has 224 valence electrons. The van der Waals surface area contributed by atoms with Gasteiger partial charge in [-0.05, 0) is 92.4 Å². The molecule has 1 aliphatic rings. The Labute approximate surface area is 272 Å². The number of nitrogens with two attached hydrogens (primary N) is 1. The molecule has 0 bridgehead atoms. The highest BCUT2D eigenvalue weighted by molar-refractivity contribution is 6.50. The molecule has 6 heteroatoms. The molecular weight excluding hydrogens is 576 g/mol. The van der Waals surface area contributed by atoms with Gasteiger partial charge in [0.15, 0.2) is 0 Å². The molecule has 0 fully saturated rings. The van der Waals surface area contributed by atoms with E-state index in [1.165, 1.54) is 21.9 Å². The number of aromatic nitrogens is 3. The standard InChI is InChI=1S/C26H18N2.C15H12N4/c27-23-15-14-18(16-24(23)28)26-21-12-6-4-10-19(21)25(17-8-2-1-3-9-17)20-11-5-7-13-22(20)26;16-11-9-14(12-5-1-3-7-17-12)19-15(10-11)13-6-2-4-8-18-13/h1-16,27-28H;1-10H,(H2,16,19). The van der Waals surface area contributed by atoms with Gasteiger partial charge in [-0.1, -0.05) is 97.1 Å². The minimum Gasteiger partial charge on any atom is -0.399 e. The van der Waals surface area contributed by atoms with Gasteiger partial charge in [-0.3, -0.25) is 20.8 Å². The molecule has 0 spiro atoms. The van der Waals surface area contributed by atoms with Gasteiger partial charge in [0.25, 0.3) is 0 Å². The van der Waals surface area contributed by atoms with E-state index >= 15 is 0 Å². The van der Waals surface area contributed by atoms with Crippen molar-refractivity contribution in [2.45, 2.75) is 0 Å². The summed E-state index contributed by atoms with van der Waals surface area (Å²) >= 11 is 0. The third kappa shape index (κ3) is 5.95. The van der Waals surface area contributed by atoms with Gasteiger partial charge in [-0.25, -0.2) is 4.98 Å². The molecule has 0 unspecified atom stereocenters. The van der Waals surface area contributed by atoms with E-state index in [9.17, 15) is 0 Å². The number of nitrogen functional groups attached to an aromatic ring is 1. The molecule has 0 atom stereocenters. The van der Waals surface area contributed by atoms with Gasteiger partial charge in [0.1, 0.15) is 0 Å². The summed E-state index contributed by atoms with van der Waals surface area (Å²) in [6.07, 6.45) is 8.95. The highest BCUT2D eigenvalue weighted by Crippen LogP contribution is 2.42. The van der Waals surface area contributed by atoms with Gasteiger partial charge in [-0.2, -0.15) is 0 Å². The lowest BCUT2D eigenvalue weighted by Gasteiger charge is -2.19. The Hall–Kier alpha value is -6.53. The number of rotatable bonds is 4. The lowest BCUT2D eigenvalue weighted by atomic mass is 9.84. The SMILES string of the molecule is N=C1C=CC(c2c3ccccc3c(-c3ccccc3)c3ccccc23)=CC1=N.Nc1cc(-c2ccccn2)nc(-c2ccccn2)c1. The first-order valence-electron chi connectivity index (χ1n) is 15.2. The van der Waals surface area contributed by atoms with E-state index in [-0.39, 0.29) is 11.4 Å². The molecule has 7 aromatic rings. The zero-order chi connectivity index (χ0) is 32.2. The topological polar surface area (TPSA) is 112 Å². The van der Waals surface area contributed by atoms with Crippen LogP contribution in [0.15, 0.2) is 158 Å². The summed E-state index contributed by atoms with van der Waals surface area (Å²) in [5.74, 6) is 0. The molecule has 47 heavy (non-hydrogen) atoms. The number of hydrogen-bond acceptors (Lipinski definition) is 6. The van der Waals surface area contributed by atoms with Crippen molar-refractivity contribution in [2.24, 2.45) is 0 Å². The minimum atomic E-state index is 0.248. The number of fused-ring (bicyclic) bond motifs is 2. The number of pyridine rings is 3. The molecule has 6 nitrogen and oxygen atoms in total. The number of hydrogen-bond donors (Lipinski definition) is 3. The summed E-state index contributed by atoms with van der Waals surface area (Å²) in [6.45, 7) is 0. The summed E-state index contributed by atoms with van der Waals surface area (Å²) in [7, 11) is 0. The van der Waals surface area contributed by atoms with Crippen LogP contribution >= 0.6 is 0 Å². The smallest absolute Gasteiger partial charge is 0.0914 e. The summed E-state index contributed by atoms with van der Waals surface area (Å²) in [5, 5.41) is 20.7. The summed E-state index contributed by atoms with van der Waals surface area (Å²) in [5.41, 5.74) is 14.7. The van der Waals surface area contributed by atoms with Crippen LogP contribution in [0.1, 0.15) is 5.56 Å². The second kappa shape index (κ2) is 12.8. The first-order valence-corrected chi connectivity index (χ1v) is 15.2. The lowest BCUT2D eigenvalue weighted by Crippen LogP contribution is -2.10. The Morgan fingerprint density at radius 3 is 1.45 bits per heavy atom. The predicted octanol–water partition coefficient (Wildman–Crippen LogP) is 9.44. The fourth-order valence-corrected chi connectivity index (χ4v) is 5.90. The van der Waals surface area contributed by atoms with Crippen molar-refractivity contribution in [3.05, 3.63) is 164 Å². The monoisotopic (exact) mass is 606 g/mol. The van der Waals surface area contributed by atoms with Crippen LogP contribution in [-0.4, -0.2) is 26.4 Å². The van der Waals surface area contributed by atoms with Gasteiger partial charge in [-0.15, -0.1) is 0 Å². The van der Waals surface area contributed by atoms with Crippen LogP contribution < -0.4 is 5.73 Å². The molecule has 0 saturated heterocycles.